The zero-order valence-corrected chi connectivity index (χ0v) is 12.0. The summed E-state index contributed by atoms with van der Waals surface area (Å²) in [6.45, 7) is 2.17. The molecular weight excluding hydrogens is 262 g/mol. The first-order valence-electron chi connectivity index (χ1n) is 6.25. The van der Waals surface area contributed by atoms with Crippen molar-refractivity contribution in [1.29, 1.82) is 0 Å². The highest BCUT2D eigenvalue weighted by atomic mass is 35.5. The van der Waals surface area contributed by atoms with Crippen molar-refractivity contribution in [3.05, 3.63) is 56.7 Å². The predicted molar refractivity (Wildman–Crippen MR) is 78.8 cm³/mol. The lowest BCUT2D eigenvalue weighted by atomic mass is 9.95. The zero-order valence-electron chi connectivity index (χ0n) is 10.4. The van der Waals surface area contributed by atoms with Crippen molar-refractivity contribution >= 4 is 22.9 Å². The van der Waals surface area contributed by atoms with E-state index in [0.717, 1.165) is 24.5 Å². The lowest BCUT2D eigenvalue weighted by Gasteiger charge is -2.20. The molecule has 0 bridgehead atoms. The van der Waals surface area contributed by atoms with Gasteiger partial charge in [0.2, 0.25) is 0 Å². The summed E-state index contributed by atoms with van der Waals surface area (Å²) in [5.41, 5.74) is 2.76. The third kappa shape index (κ3) is 2.20. The van der Waals surface area contributed by atoms with Crippen LogP contribution >= 0.6 is 22.9 Å². The van der Waals surface area contributed by atoms with Gasteiger partial charge in [-0.2, -0.15) is 0 Å². The Bertz CT molecular complexity index is 535. The maximum atomic E-state index is 6.32. The second-order valence-electron chi connectivity index (χ2n) is 4.90. The van der Waals surface area contributed by atoms with Crippen molar-refractivity contribution < 1.29 is 0 Å². The van der Waals surface area contributed by atoms with Crippen molar-refractivity contribution in [2.45, 2.75) is 12.3 Å². The summed E-state index contributed by atoms with van der Waals surface area (Å²) in [5.74, 6) is 0.464. The number of halogens is 1. The van der Waals surface area contributed by atoms with Crippen LogP contribution in [0.2, 0.25) is 5.02 Å². The van der Waals surface area contributed by atoms with Crippen LogP contribution < -0.4 is 0 Å². The number of hydrogen-bond donors (Lipinski definition) is 0. The first kappa shape index (κ1) is 12.2. The topological polar surface area (TPSA) is 3.24 Å². The van der Waals surface area contributed by atoms with E-state index in [4.69, 9.17) is 11.6 Å². The molecule has 1 aliphatic heterocycles. The van der Waals surface area contributed by atoms with Gasteiger partial charge in [0, 0.05) is 29.3 Å². The number of likely N-dealkylation sites (N-methyl/N-ethyl adjacent to an activating group) is 1. The lowest BCUT2D eigenvalue weighted by molar-refractivity contribution is 0.338. The van der Waals surface area contributed by atoms with Crippen LogP contribution in [-0.4, -0.2) is 25.0 Å². The molecule has 0 saturated carbocycles. The van der Waals surface area contributed by atoms with Crippen molar-refractivity contribution in [2.24, 2.45) is 0 Å². The van der Waals surface area contributed by atoms with E-state index in [1.807, 2.05) is 11.3 Å². The Kier molecular flexibility index (Phi) is 3.42. The maximum Gasteiger partial charge on any atom is 0.0548 e. The van der Waals surface area contributed by atoms with E-state index in [1.165, 1.54) is 16.0 Å². The summed E-state index contributed by atoms with van der Waals surface area (Å²) in [6, 6.07) is 10.8. The fourth-order valence-corrected chi connectivity index (χ4v) is 4.13. The molecule has 1 nitrogen and oxygen atoms in total. The Morgan fingerprint density at radius 2 is 2.06 bits per heavy atom. The lowest BCUT2D eigenvalue weighted by Crippen LogP contribution is -2.24. The van der Waals surface area contributed by atoms with Crippen LogP contribution in [-0.2, 0) is 6.42 Å². The van der Waals surface area contributed by atoms with E-state index in [0.29, 0.717) is 5.92 Å². The van der Waals surface area contributed by atoms with E-state index >= 15 is 0 Å². The number of rotatable bonds is 1. The molecule has 0 spiro atoms. The van der Waals surface area contributed by atoms with Gasteiger partial charge in [0.25, 0.3) is 0 Å². The Hall–Kier alpha value is -0.830. The minimum absolute atomic E-state index is 0.464. The summed E-state index contributed by atoms with van der Waals surface area (Å²) < 4.78 is 0. The molecule has 0 saturated heterocycles. The minimum atomic E-state index is 0.464. The van der Waals surface area contributed by atoms with Crippen LogP contribution in [0.3, 0.4) is 0 Å². The molecule has 0 N–H and O–H groups in total. The average molecular weight is 278 g/mol. The molecule has 0 radical (unpaired) electrons. The fraction of sp³-hybridized carbons (Fsp3) is 0.333. The largest absolute Gasteiger partial charge is 0.305 e. The normalized spacial score (nSPS) is 20.4. The maximum absolute atomic E-state index is 6.32. The molecule has 3 heteroatoms. The van der Waals surface area contributed by atoms with Gasteiger partial charge in [0.05, 0.1) is 5.02 Å². The van der Waals surface area contributed by atoms with Gasteiger partial charge in [-0.15, -0.1) is 11.3 Å². The van der Waals surface area contributed by atoms with Gasteiger partial charge in [-0.25, -0.2) is 0 Å². The van der Waals surface area contributed by atoms with Crippen LogP contribution in [0.5, 0.6) is 0 Å². The van der Waals surface area contributed by atoms with Gasteiger partial charge in [-0.3, -0.25) is 0 Å². The van der Waals surface area contributed by atoms with Gasteiger partial charge in [0.1, 0.15) is 0 Å². The van der Waals surface area contributed by atoms with Gasteiger partial charge < -0.3 is 4.90 Å². The van der Waals surface area contributed by atoms with E-state index in [1.54, 1.807) is 0 Å². The summed E-state index contributed by atoms with van der Waals surface area (Å²) in [6.07, 6.45) is 1.07. The quantitative estimate of drug-likeness (QED) is 0.761. The fourth-order valence-electron chi connectivity index (χ4n) is 2.64. The molecular formula is C15H16ClNS. The van der Waals surface area contributed by atoms with Crippen LogP contribution in [0.1, 0.15) is 21.9 Å². The molecule has 2 heterocycles. The number of benzene rings is 1. The number of fused-ring (bicyclic) bond motifs is 1. The van der Waals surface area contributed by atoms with Crippen molar-refractivity contribution in [3.63, 3.8) is 0 Å². The Morgan fingerprint density at radius 3 is 2.83 bits per heavy atom. The summed E-state index contributed by atoms with van der Waals surface area (Å²) in [5, 5.41) is 3.04. The molecule has 0 fully saturated rings. The zero-order chi connectivity index (χ0) is 12.5. The highest BCUT2D eigenvalue weighted by molar-refractivity contribution is 7.10. The molecule has 2 aromatic rings. The highest BCUT2D eigenvalue weighted by Crippen LogP contribution is 2.38. The molecule has 0 aliphatic carbocycles. The predicted octanol–water partition coefficient (Wildman–Crippen LogP) is 4.02. The van der Waals surface area contributed by atoms with E-state index < -0.39 is 0 Å². The van der Waals surface area contributed by atoms with Crippen molar-refractivity contribution in [1.82, 2.24) is 4.90 Å². The Morgan fingerprint density at radius 1 is 1.28 bits per heavy atom. The van der Waals surface area contributed by atoms with E-state index in [2.05, 4.69) is 47.7 Å². The Labute approximate surface area is 117 Å². The SMILES string of the molecule is CN1CCc2c(Cl)csc2C(c2ccccc2)C1. The van der Waals surface area contributed by atoms with Crippen LogP contribution in [0.15, 0.2) is 35.7 Å². The molecule has 3 rings (SSSR count). The number of hydrogen-bond acceptors (Lipinski definition) is 2. The summed E-state index contributed by atoms with van der Waals surface area (Å²) in [7, 11) is 2.19. The third-order valence-electron chi connectivity index (χ3n) is 3.63. The number of thiophene rings is 1. The summed E-state index contributed by atoms with van der Waals surface area (Å²) in [4.78, 5) is 3.86. The highest BCUT2D eigenvalue weighted by Gasteiger charge is 2.25. The molecule has 1 unspecified atom stereocenters. The second kappa shape index (κ2) is 5.04. The molecule has 1 aromatic carbocycles. The molecule has 1 aliphatic rings. The smallest absolute Gasteiger partial charge is 0.0548 e. The summed E-state index contributed by atoms with van der Waals surface area (Å²) >= 11 is 8.13. The van der Waals surface area contributed by atoms with Crippen LogP contribution in [0.25, 0.3) is 0 Å². The van der Waals surface area contributed by atoms with E-state index in [-0.39, 0.29) is 0 Å². The second-order valence-corrected chi connectivity index (χ2v) is 6.22. The van der Waals surface area contributed by atoms with Crippen molar-refractivity contribution in [2.75, 3.05) is 20.1 Å². The minimum Gasteiger partial charge on any atom is -0.305 e. The third-order valence-corrected chi connectivity index (χ3v) is 5.24. The number of nitrogens with zero attached hydrogens (tertiary/aromatic N) is 1. The Balaban J connectivity index is 2.07. The standard InChI is InChI=1S/C15H16ClNS/c1-17-8-7-12-14(16)10-18-15(12)13(9-17)11-5-3-2-4-6-11/h2-6,10,13H,7-9H2,1H3. The first-order chi connectivity index (χ1) is 8.75. The molecule has 1 atom stereocenters. The molecule has 18 heavy (non-hydrogen) atoms. The van der Waals surface area contributed by atoms with E-state index in [9.17, 15) is 0 Å². The van der Waals surface area contributed by atoms with Gasteiger partial charge in [0.15, 0.2) is 0 Å². The monoisotopic (exact) mass is 277 g/mol. The molecule has 1 aromatic heterocycles. The first-order valence-corrected chi connectivity index (χ1v) is 7.50. The molecule has 94 valence electrons. The molecule has 0 amide bonds. The van der Waals surface area contributed by atoms with Crippen LogP contribution in [0.4, 0.5) is 0 Å². The van der Waals surface area contributed by atoms with Crippen LogP contribution in [0, 0.1) is 0 Å². The van der Waals surface area contributed by atoms with Gasteiger partial charge >= 0.3 is 0 Å². The average Bonchev–Trinajstić information content (AvgIpc) is 2.66. The van der Waals surface area contributed by atoms with Gasteiger partial charge in [-0.05, 0) is 24.6 Å². The van der Waals surface area contributed by atoms with Crippen molar-refractivity contribution in [3.8, 4) is 0 Å². The van der Waals surface area contributed by atoms with Gasteiger partial charge in [-0.1, -0.05) is 41.9 Å².